The number of amides is 1. The molecule has 5 nitrogen and oxygen atoms in total. The summed E-state index contributed by atoms with van der Waals surface area (Å²) in [5, 5.41) is 4.04. The molecule has 5 rings (SSSR count). The van der Waals surface area contributed by atoms with Crippen molar-refractivity contribution in [1.82, 2.24) is 9.55 Å². The van der Waals surface area contributed by atoms with E-state index in [1.807, 2.05) is 30.3 Å². The first-order valence-corrected chi connectivity index (χ1v) is 11.5. The fourth-order valence-corrected chi connectivity index (χ4v) is 5.55. The van der Waals surface area contributed by atoms with E-state index in [2.05, 4.69) is 5.32 Å². The number of nitrogens with zero attached hydrogens (tertiary/aromatic N) is 2. The highest BCUT2D eigenvalue weighted by molar-refractivity contribution is 7.18. The number of hydrogen-bond acceptors (Lipinski definition) is 4. The van der Waals surface area contributed by atoms with Crippen molar-refractivity contribution in [3.05, 3.63) is 80.4 Å². The van der Waals surface area contributed by atoms with Crippen molar-refractivity contribution >= 4 is 44.7 Å². The fourth-order valence-electron chi connectivity index (χ4n) is 4.10. The molecule has 0 atom stereocenters. The zero-order valence-electron chi connectivity index (χ0n) is 16.7. The van der Waals surface area contributed by atoms with Gasteiger partial charge in [-0.1, -0.05) is 48.0 Å². The van der Waals surface area contributed by atoms with Crippen LogP contribution in [-0.2, 0) is 24.2 Å². The van der Waals surface area contributed by atoms with Crippen LogP contribution >= 0.6 is 22.9 Å². The van der Waals surface area contributed by atoms with Gasteiger partial charge in [-0.3, -0.25) is 14.2 Å². The second-order valence-electron chi connectivity index (χ2n) is 7.64. The Labute approximate surface area is 188 Å². The lowest BCUT2D eigenvalue weighted by Gasteiger charge is -2.14. The van der Waals surface area contributed by atoms with Crippen LogP contribution in [0, 0.1) is 0 Å². The highest BCUT2D eigenvalue weighted by atomic mass is 35.5. The lowest BCUT2D eigenvalue weighted by atomic mass is 9.97. The van der Waals surface area contributed by atoms with Crippen molar-refractivity contribution in [3.63, 3.8) is 0 Å². The minimum absolute atomic E-state index is 0.122. The summed E-state index contributed by atoms with van der Waals surface area (Å²) in [4.78, 5) is 33.4. The number of aryl methyl sites for hydroxylation is 2. The minimum Gasteiger partial charge on any atom is -0.324 e. The SMILES string of the molecule is O=C(Cn1c(-c2ccccc2)nc2sc3c(c2c1=O)CCCC3)Nc1cccc(Cl)c1. The number of fused-ring (bicyclic) bond motifs is 3. The molecule has 0 spiro atoms. The molecule has 2 heterocycles. The van der Waals surface area contributed by atoms with Gasteiger partial charge in [0.2, 0.25) is 5.91 Å². The Morgan fingerprint density at radius 3 is 2.71 bits per heavy atom. The van der Waals surface area contributed by atoms with Gasteiger partial charge in [0.15, 0.2) is 0 Å². The van der Waals surface area contributed by atoms with Crippen LogP contribution in [0.3, 0.4) is 0 Å². The molecule has 0 bridgehead atoms. The van der Waals surface area contributed by atoms with Gasteiger partial charge < -0.3 is 5.32 Å². The van der Waals surface area contributed by atoms with Crippen LogP contribution in [0.2, 0.25) is 5.02 Å². The average molecular weight is 450 g/mol. The van der Waals surface area contributed by atoms with Gasteiger partial charge >= 0.3 is 0 Å². The third kappa shape index (κ3) is 3.89. The van der Waals surface area contributed by atoms with E-state index >= 15 is 0 Å². The number of carbonyl (C=O) groups is 1. The molecule has 7 heteroatoms. The number of carbonyl (C=O) groups excluding carboxylic acids is 1. The molecule has 1 N–H and O–H groups in total. The monoisotopic (exact) mass is 449 g/mol. The average Bonchev–Trinajstić information content (AvgIpc) is 3.15. The minimum atomic E-state index is -0.299. The van der Waals surface area contributed by atoms with E-state index in [0.29, 0.717) is 21.9 Å². The van der Waals surface area contributed by atoms with Gasteiger partial charge in [-0.15, -0.1) is 11.3 Å². The largest absolute Gasteiger partial charge is 0.324 e. The van der Waals surface area contributed by atoms with Crippen LogP contribution in [0.1, 0.15) is 23.3 Å². The van der Waals surface area contributed by atoms with E-state index in [-0.39, 0.29) is 18.0 Å². The number of aromatic nitrogens is 2. The van der Waals surface area contributed by atoms with E-state index in [1.54, 1.807) is 35.6 Å². The second kappa shape index (κ2) is 8.29. The van der Waals surface area contributed by atoms with Gasteiger partial charge in [0.05, 0.1) is 5.39 Å². The smallest absolute Gasteiger partial charge is 0.263 e. The van der Waals surface area contributed by atoms with E-state index < -0.39 is 0 Å². The Morgan fingerprint density at radius 2 is 1.90 bits per heavy atom. The van der Waals surface area contributed by atoms with Gasteiger partial charge in [-0.25, -0.2) is 4.98 Å². The molecule has 1 aliphatic rings. The molecule has 0 fully saturated rings. The predicted molar refractivity (Wildman–Crippen MR) is 126 cm³/mol. The molecule has 0 radical (unpaired) electrons. The summed E-state index contributed by atoms with van der Waals surface area (Å²) in [6, 6.07) is 16.5. The van der Waals surface area contributed by atoms with Gasteiger partial charge in [-0.05, 0) is 49.4 Å². The molecule has 1 aliphatic carbocycles. The summed E-state index contributed by atoms with van der Waals surface area (Å²) >= 11 is 7.64. The Kier molecular flexibility index (Phi) is 5.34. The topological polar surface area (TPSA) is 64.0 Å². The molecule has 31 heavy (non-hydrogen) atoms. The molecular formula is C24H20ClN3O2S. The molecule has 0 saturated heterocycles. The van der Waals surface area contributed by atoms with E-state index in [9.17, 15) is 9.59 Å². The number of thiophene rings is 1. The number of benzene rings is 2. The highest BCUT2D eigenvalue weighted by Crippen LogP contribution is 2.34. The fraction of sp³-hybridized carbons (Fsp3) is 0.208. The lowest BCUT2D eigenvalue weighted by molar-refractivity contribution is -0.116. The van der Waals surface area contributed by atoms with Crippen molar-refractivity contribution in [3.8, 4) is 11.4 Å². The highest BCUT2D eigenvalue weighted by Gasteiger charge is 2.23. The number of rotatable bonds is 4. The van der Waals surface area contributed by atoms with Crippen LogP contribution in [0.15, 0.2) is 59.4 Å². The molecule has 0 saturated carbocycles. The first kappa shape index (κ1) is 20.0. The summed E-state index contributed by atoms with van der Waals surface area (Å²) in [6.45, 7) is -0.122. The first-order chi connectivity index (χ1) is 15.1. The zero-order valence-corrected chi connectivity index (χ0v) is 18.3. The molecule has 156 valence electrons. The number of halogens is 1. The van der Waals surface area contributed by atoms with Crippen molar-refractivity contribution < 1.29 is 4.79 Å². The summed E-state index contributed by atoms with van der Waals surface area (Å²) in [6.07, 6.45) is 4.10. The van der Waals surface area contributed by atoms with Gasteiger partial charge in [0.1, 0.15) is 17.2 Å². The Hall–Kier alpha value is -2.96. The summed E-state index contributed by atoms with van der Waals surface area (Å²) in [7, 11) is 0. The molecule has 1 amide bonds. The summed E-state index contributed by atoms with van der Waals surface area (Å²) < 4.78 is 1.50. The predicted octanol–water partition coefficient (Wildman–Crippen LogP) is 5.30. The van der Waals surface area contributed by atoms with Crippen molar-refractivity contribution in [1.29, 1.82) is 0 Å². The van der Waals surface area contributed by atoms with Crippen LogP contribution in [0.5, 0.6) is 0 Å². The van der Waals surface area contributed by atoms with Crippen LogP contribution in [0.25, 0.3) is 21.6 Å². The number of nitrogens with one attached hydrogen (secondary N) is 1. The number of anilines is 1. The van der Waals surface area contributed by atoms with Gasteiger partial charge in [-0.2, -0.15) is 0 Å². The van der Waals surface area contributed by atoms with E-state index in [4.69, 9.17) is 16.6 Å². The second-order valence-corrected chi connectivity index (χ2v) is 9.16. The molecule has 2 aromatic carbocycles. The Bertz CT molecular complexity index is 1340. The third-order valence-corrected chi connectivity index (χ3v) is 6.94. The van der Waals surface area contributed by atoms with Crippen molar-refractivity contribution in [2.24, 2.45) is 0 Å². The molecule has 4 aromatic rings. The van der Waals surface area contributed by atoms with Crippen LogP contribution in [-0.4, -0.2) is 15.5 Å². The number of hydrogen-bond donors (Lipinski definition) is 1. The quantitative estimate of drug-likeness (QED) is 0.460. The van der Waals surface area contributed by atoms with Gasteiger partial charge in [0, 0.05) is 21.2 Å². The van der Waals surface area contributed by atoms with Crippen LogP contribution in [0.4, 0.5) is 5.69 Å². The zero-order chi connectivity index (χ0) is 21.4. The van der Waals surface area contributed by atoms with Gasteiger partial charge in [0.25, 0.3) is 5.56 Å². The maximum atomic E-state index is 13.6. The van der Waals surface area contributed by atoms with Crippen molar-refractivity contribution in [2.75, 3.05) is 5.32 Å². The maximum Gasteiger partial charge on any atom is 0.263 e. The third-order valence-electron chi connectivity index (χ3n) is 5.52. The molecular weight excluding hydrogens is 430 g/mol. The summed E-state index contributed by atoms with van der Waals surface area (Å²) in [5.41, 5.74) is 2.37. The standard InChI is InChI=1S/C24H20ClN3O2S/c25-16-9-6-10-17(13-16)26-20(29)14-28-22(15-7-2-1-3-8-15)27-23-21(24(28)30)18-11-4-5-12-19(18)31-23/h1-3,6-10,13H,4-5,11-12,14H2,(H,26,29). The normalized spacial score (nSPS) is 13.2. The molecule has 0 aliphatic heterocycles. The van der Waals surface area contributed by atoms with E-state index in [0.717, 1.165) is 41.6 Å². The first-order valence-electron chi connectivity index (χ1n) is 10.3. The van der Waals surface area contributed by atoms with E-state index in [1.165, 1.54) is 9.44 Å². The maximum absolute atomic E-state index is 13.6. The Balaban J connectivity index is 1.61. The lowest BCUT2D eigenvalue weighted by Crippen LogP contribution is -2.30. The van der Waals surface area contributed by atoms with Crippen LogP contribution < -0.4 is 10.9 Å². The molecule has 2 aromatic heterocycles. The molecule has 0 unspecified atom stereocenters. The summed E-state index contributed by atoms with van der Waals surface area (Å²) in [5.74, 6) is 0.213. The Morgan fingerprint density at radius 1 is 1.10 bits per heavy atom. The van der Waals surface area contributed by atoms with Crippen molar-refractivity contribution in [2.45, 2.75) is 32.2 Å².